The first kappa shape index (κ1) is 15.8. The Bertz CT molecular complexity index is 621. The van der Waals surface area contributed by atoms with Crippen LogP contribution in [0.15, 0.2) is 30.3 Å². The first-order valence-corrected chi connectivity index (χ1v) is 8.11. The van der Waals surface area contributed by atoms with Gasteiger partial charge in [0.2, 0.25) is 0 Å². The molecule has 130 valence electrons. The lowest BCUT2D eigenvalue weighted by Crippen LogP contribution is -2.46. The van der Waals surface area contributed by atoms with Crippen molar-refractivity contribution in [1.29, 1.82) is 0 Å². The monoisotopic (exact) mass is 335 g/mol. The number of carbonyl (C=O) groups excluding carboxylic acids is 1. The molecule has 0 spiro atoms. The van der Waals surface area contributed by atoms with Crippen LogP contribution in [0.1, 0.15) is 19.4 Å². The zero-order valence-corrected chi connectivity index (χ0v) is 13.6. The van der Waals surface area contributed by atoms with Crippen LogP contribution in [0.5, 0.6) is 0 Å². The molecule has 1 aromatic carbocycles. The average Bonchev–Trinajstić information content (AvgIpc) is 3.14. The summed E-state index contributed by atoms with van der Waals surface area (Å²) in [7, 11) is 0. The van der Waals surface area contributed by atoms with Gasteiger partial charge in [-0.1, -0.05) is 30.3 Å². The second-order valence-electron chi connectivity index (χ2n) is 6.82. The summed E-state index contributed by atoms with van der Waals surface area (Å²) in [6.45, 7) is 3.94. The minimum atomic E-state index is -0.778. The number of aliphatic hydroxyl groups excluding tert-OH is 1. The second-order valence-corrected chi connectivity index (χ2v) is 6.82. The zero-order chi connectivity index (χ0) is 16.9. The minimum absolute atomic E-state index is 0.163. The van der Waals surface area contributed by atoms with Crippen molar-refractivity contribution in [2.75, 3.05) is 6.54 Å². The lowest BCUT2D eigenvalue weighted by atomic mass is 10.1. The standard InChI is InChI=1S/C17H21NO6/c1-17(2)23-14-12-13(22-15(14)24-17)11(19)8-18(12)16(20)21-9-10-6-4-3-5-7-10/h3-7,11-15,19H,8-9H2,1-2H3/t11-,12-,13+,14-,15-/m1/s1. The van der Waals surface area contributed by atoms with Crippen molar-refractivity contribution in [2.24, 2.45) is 0 Å². The number of amides is 1. The molecule has 3 heterocycles. The Hall–Kier alpha value is -1.67. The Morgan fingerprint density at radius 2 is 2.04 bits per heavy atom. The van der Waals surface area contributed by atoms with E-state index in [0.717, 1.165) is 5.56 Å². The maximum atomic E-state index is 12.5. The molecule has 3 saturated heterocycles. The third-order valence-corrected chi connectivity index (χ3v) is 4.62. The van der Waals surface area contributed by atoms with Crippen LogP contribution in [0, 0.1) is 0 Å². The fourth-order valence-corrected chi connectivity index (χ4v) is 3.61. The van der Waals surface area contributed by atoms with Crippen molar-refractivity contribution in [3.63, 3.8) is 0 Å². The van der Waals surface area contributed by atoms with Gasteiger partial charge in [-0.15, -0.1) is 0 Å². The molecule has 3 aliphatic rings. The van der Waals surface area contributed by atoms with Gasteiger partial charge in [-0.05, 0) is 19.4 Å². The third kappa shape index (κ3) is 2.67. The number of rotatable bonds is 2. The molecule has 0 saturated carbocycles. The number of nitrogens with zero attached hydrogens (tertiary/aromatic N) is 1. The van der Waals surface area contributed by atoms with Gasteiger partial charge in [0.15, 0.2) is 12.1 Å². The quantitative estimate of drug-likeness (QED) is 0.876. The second kappa shape index (κ2) is 5.70. The Kier molecular flexibility index (Phi) is 3.76. The molecule has 1 amide bonds. The lowest BCUT2D eigenvalue weighted by Gasteiger charge is -2.27. The first-order valence-electron chi connectivity index (χ1n) is 8.11. The number of ether oxygens (including phenoxy) is 4. The highest BCUT2D eigenvalue weighted by Crippen LogP contribution is 2.43. The van der Waals surface area contributed by atoms with E-state index in [4.69, 9.17) is 18.9 Å². The van der Waals surface area contributed by atoms with Crippen LogP contribution in [0.2, 0.25) is 0 Å². The first-order chi connectivity index (χ1) is 11.4. The highest BCUT2D eigenvalue weighted by atomic mass is 16.8. The van der Waals surface area contributed by atoms with Crippen molar-refractivity contribution in [2.45, 2.75) is 56.9 Å². The molecule has 0 bridgehead atoms. The summed E-state index contributed by atoms with van der Waals surface area (Å²) in [4.78, 5) is 14.0. The van der Waals surface area contributed by atoms with Crippen LogP contribution in [0.3, 0.4) is 0 Å². The smallest absolute Gasteiger partial charge is 0.410 e. The number of benzene rings is 1. The molecule has 4 rings (SSSR count). The number of β-amino-alcohol motifs (C(OH)–C–C–N with tert-alkyl or cyclic N) is 1. The van der Waals surface area contributed by atoms with E-state index in [2.05, 4.69) is 0 Å². The maximum Gasteiger partial charge on any atom is 0.410 e. The van der Waals surface area contributed by atoms with E-state index in [-0.39, 0.29) is 13.2 Å². The minimum Gasteiger partial charge on any atom is -0.445 e. The van der Waals surface area contributed by atoms with Gasteiger partial charge >= 0.3 is 6.09 Å². The summed E-state index contributed by atoms with van der Waals surface area (Å²) < 4.78 is 22.7. The lowest BCUT2D eigenvalue weighted by molar-refractivity contribution is -0.212. The van der Waals surface area contributed by atoms with Gasteiger partial charge < -0.3 is 24.1 Å². The van der Waals surface area contributed by atoms with Gasteiger partial charge in [0.1, 0.15) is 24.9 Å². The van der Waals surface area contributed by atoms with Gasteiger partial charge in [-0.3, -0.25) is 4.90 Å². The van der Waals surface area contributed by atoms with Gasteiger partial charge in [-0.25, -0.2) is 4.79 Å². The molecule has 3 aliphatic heterocycles. The molecule has 7 nitrogen and oxygen atoms in total. The molecule has 5 atom stereocenters. The van der Waals surface area contributed by atoms with Gasteiger partial charge in [0.25, 0.3) is 0 Å². The van der Waals surface area contributed by atoms with Crippen LogP contribution in [0.4, 0.5) is 4.79 Å². The molecule has 0 aromatic heterocycles. The van der Waals surface area contributed by atoms with Crippen molar-refractivity contribution < 1.29 is 28.8 Å². The fraction of sp³-hybridized carbons (Fsp3) is 0.588. The summed E-state index contributed by atoms with van der Waals surface area (Å²) in [5.74, 6) is -0.770. The summed E-state index contributed by atoms with van der Waals surface area (Å²) in [6.07, 6.45) is -2.77. The van der Waals surface area contributed by atoms with Crippen molar-refractivity contribution in [3.8, 4) is 0 Å². The van der Waals surface area contributed by atoms with E-state index in [9.17, 15) is 9.90 Å². The summed E-state index contributed by atoms with van der Waals surface area (Å²) in [5, 5.41) is 10.2. The highest BCUT2D eigenvalue weighted by molar-refractivity contribution is 5.69. The number of carbonyl (C=O) groups is 1. The van der Waals surface area contributed by atoms with E-state index < -0.39 is 42.5 Å². The molecule has 0 radical (unpaired) electrons. The molecule has 0 unspecified atom stereocenters. The molecule has 3 fully saturated rings. The SMILES string of the molecule is CC1(C)O[C@H]2O[C@@H]3[C@H]([C@H]2O1)N(C(=O)OCc1ccccc1)C[C@H]3O. The normalized spacial score (nSPS) is 36.5. The molecule has 0 aliphatic carbocycles. The van der Waals surface area contributed by atoms with Crippen LogP contribution in [-0.4, -0.2) is 59.1 Å². The van der Waals surface area contributed by atoms with Crippen LogP contribution >= 0.6 is 0 Å². The van der Waals surface area contributed by atoms with Gasteiger partial charge in [0, 0.05) is 0 Å². The third-order valence-electron chi connectivity index (χ3n) is 4.62. The van der Waals surface area contributed by atoms with E-state index in [1.165, 1.54) is 4.90 Å². The van der Waals surface area contributed by atoms with E-state index >= 15 is 0 Å². The largest absolute Gasteiger partial charge is 0.445 e. The summed E-state index contributed by atoms with van der Waals surface area (Å²) in [5.41, 5.74) is 0.907. The number of aliphatic hydroxyl groups is 1. The van der Waals surface area contributed by atoms with Gasteiger partial charge in [0.05, 0.1) is 12.6 Å². The topological polar surface area (TPSA) is 77.5 Å². The number of hydrogen-bond donors (Lipinski definition) is 1. The molecule has 1 N–H and O–H groups in total. The zero-order valence-electron chi connectivity index (χ0n) is 13.6. The number of fused-ring (bicyclic) bond motifs is 3. The Morgan fingerprint density at radius 1 is 1.29 bits per heavy atom. The van der Waals surface area contributed by atoms with Crippen LogP contribution in [-0.2, 0) is 25.6 Å². The molecular weight excluding hydrogens is 314 g/mol. The van der Waals surface area contributed by atoms with E-state index in [0.29, 0.717) is 0 Å². The molecule has 7 heteroatoms. The summed E-state index contributed by atoms with van der Waals surface area (Å²) >= 11 is 0. The Balaban J connectivity index is 1.46. The maximum absolute atomic E-state index is 12.5. The summed E-state index contributed by atoms with van der Waals surface area (Å²) in [6, 6.07) is 9.05. The fourth-order valence-electron chi connectivity index (χ4n) is 3.61. The number of likely N-dealkylation sites (tertiary alicyclic amines) is 1. The predicted molar refractivity (Wildman–Crippen MR) is 81.8 cm³/mol. The average molecular weight is 335 g/mol. The van der Waals surface area contributed by atoms with Crippen molar-refractivity contribution >= 4 is 6.09 Å². The highest BCUT2D eigenvalue weighted by Gasteiger charge is 2.62. The molecule has 24 heavy (non-hydrogen) atoms. The molecule has 1 aromatic rings. The Labute approximate surface area is 140 Å². The van der Waals surface area contributed by atoms with Gasteiger partial charge in [-0.2, -0.15) is 0 Å². The number of hydrogen-bond acceptors (Lipinski definition) is 6. The van der Waals surface area contributed by atoms with Crippen molar-refractivity contribution in [1.82, 2.24) is 4.90 Å². The predicted octanol–water partition coefficient (Wildman–Crippen LogP) is 1.24. The molecular formula is C17H21NO6. The van der Waals surface area contributed by atoms with Crippen LogP contribution in [0.25, 0.3) is 0 Å². The van der Waals surface area contributed by atoms with Crippen molar-refractivity contribution in [3.05, 3.63) is 35.9 Å². The van der Waals surface area contributed by atoms with E-state index in [1.54, 1.807) is 13.8 Å². The Morgan fingerprint density at radius 3 is 2.79 bits per heavy atom. The van der Waals surface area contributed by atoms with Crippen LogP contribution < -0.4 is 0 Å². The van der Waals surface area contributed by atoms with E-state index in [1.807, 2.05) is 30.3 Å².